The van der Waals surface area contributed by atoms with E-state index in [4.69, 9.17) is 17.3 Å². The second kappa shape index (κ2) is 7.78. The molecule has 2 aromatic rings. The highest BCUT2D eigenvalue weighted by atomic mass is 35.5. The first-order valence-corrected chi connectivity index (χ1v) is 9.01. The first-order valence-electron chi connectivity index (χ1n) is 8.63. The van der Waals surface area contributed by atoms with Gasteiger partial charge < -0.3 is 11.1 Å². The quantitative estimate of drug-likeness (QED) is 0.742. The van der Waals surface area contributed by atoms with Gasteiger partial charge in [-0.25, -0.2) is 4.79 Å². The van der Waals surface area contributed by atoms with Crippen LogP contribution in [0.25, 0.3) is 0 Å². The Balaban J connectivity index is 1.81. The summed E-state index contributed by atoms with van der Waals surface area (Å²) in [4.78, 5) is 38.8. The van der Waals surface area contributed by atoms with Crippen LogP contribution in [0.3, 0.4) is 0 Å². The molecule has 7 nitrogen and oxygen atoms in total. The summed E-state index contributed by atoms with van der Waals surface area (Å²) in [5.74, 6) is -0.357. The number of benzene rings is 1. The molecule has 1 aliphatic carbocycles. The predicted octanol–water partition coefficient (Wildman–Crippen LogP) is 2.14. The van der Waals surface area contributed by atoms with Crippen molar-refractivity contribution in [3.05, 3.63) is 55.7 Å². The van der Waals surface area contributed by atoms with Gasteiger partial charge in [-0.3, -0.25) is 19.1 Å². The average Bonchev–Trinajstić information content (AvgIpc) is 3.14. The average molecular weight is 377 g/mol. The number of halogens is 1. The Morgan fingerprint density at radius 1 is 1.23 bits per heavy atom. The lowest BCUT2D eigenvalue weighted by atomic mass is 10.1. The second-order valence-corrected chi connectivity index (χ2v) is 6.95. The van der Waals surface area contributed by atoms with Gasteiger partial charge in [-0.1, -0.05) is 36.6 Å². The van der Waals surface area contributed by atoms with Crippen molar-refractivity contribution in [2.45, 2.75) is 38.6 Å². The highest BCUT2D eigenvalue weighted by molar-refractivity contribution is 6.30. The van der Waals surface area contributed by atoms with E-state index < -0.39 is 11.2 Å². The van der Waals surface area contributed by atoms with Gasteiger partial charge in [0, 0.05) is 17.5 Å². The normalized spacial score (nSPS) is 14.5. The fraction of sp³-hybridized carbons (Fsp3) is 0.389. The summed E-state index contributed by atoms with van der Waals surface area (Å²) in [6.45, 7) is 0.273. The molecule has 0 aliphatic heterocycles. The van der Waals surface area contributed by atoms with E-state index in [1.54, 1.807) is 12.1 Å². The summed E-state index contributed by atoms with van der Waals surface area (Å²) in [5.41, 5.74) is 5.67. The summed E-state index contributed by atoms with van der Waals surface area (Å²) in [5, 5.41) is 3.24. The lowest BCUT2D eigenvalue weighted by molar-refractivity contribution is -0.119. The zero-order valence-electron chi connectivity index (χ0n) is 14.3. The second-order valence-electron chi connectivity index (χ2n) is 6.52. The van der Waals surface area contributed by atoms with E-state index in [0.29, 0.717) is 11.4 Å². The SMILES string of the molecule is Nc1c(NC(=O)C2CCCC2)c(=O)[nH]c(=O)n1CCc1ccc(Cl)cc1. The van der Waals surface area contributed by atoms with Crippen molar-refractivity contribution in [3.8, 4) is 0 Å². The highest BCUT2D eigenvalue weighted by Crippen LogP contribution is 2.26. The van der Waals surface area contributed by atoms with E-state index in [9.17, 15) is 14.4 Å². The number of aryl methyl sites for hydroxylation is 1. The maximum Gasteiger partial charge on any atom is 0.330 e. The minimum Gasteiger partial charge on any atom is -0.383 e. The number of anilines is 2. The van der Waals surface area contributed by atoms with Crippen molar-refractivity contribution in [2.24, 2.45) is 5.92 Å². The Kier molecular flexibility index (Phi) is 5.46. The van der Waals surface area contributed by atoms with Crippen molar-refractivity contribution in [1.82, 2.24) is 9.55 Å². The number of H-pyrrole nitrogens is 1. The number of aromatic nitrogens is 2. The maximum absolute atomic E-state index is 12.3. The third kappa shape index (κ3) is 3.99. The van der Waals surface area contributed by atoms with E-state index in [1.165, 1.54) is 4.57 Å². The van der Waals surface area contributed by atoms with Crippen LogP contribution in [0.5, 0.6) is 0 Å². The topological polar surface area (TPSA) is 110 Å². The first-order chi connectivity index (χ1) is 12.5. The smallest absolute Gasteiger partial charge is 0.330 e. The van der Waals surface area contributed by atoms with Crippen LogP contribution in [0.1, 0.15) is 31.2 Å². The number of nitrogens with zero attached hydrogens (tertiary/aromatic N) is 1. The van der Waals surface area contributed by atoms with Crippen LogP contribution in [0.4, 0.5) is 11.5 Å². The number of amides is 1. The molecule has 138 valence electrons. The third-order valence-corrected chi connectivity index (χ3v) is 5.00. The lowest BCUT2D eigenvalue weighted by Crippen LogP contribution is -2.36. The zero-order chi connectivity index (χ0) is 18.7. The summed E-state index contributed by atoms with van der Waals surface area (Å²) < 4.78 is 1.26. The Hall–Kier alpha value is -2.54. The molecule has 0 spiro atoms. The van der Waals surface area contributed by atoms with Crippen molar-refractivity contribution >= 4 is 29.0 Å². The molecule has 0 saturated heterocycles. The van der Waals surface area contributed by atoms with Crippen LogP contribution in [0.15, 0.2) is 33.9 Å². The lowest BCUT2D eigenvalue weighted by Gasteiger charge is -2.15. The Morgan fingerprint density at radius 2 is 1.88 bits per heavy atom. The molecule has 0 radical (unpaired) electrons. The third-order valence-electron chi connectivity index (χ3n) is 4.75. The molecular weight excluding hydrogens is 356 g/mol. The molecule has 3 rings (SSSR count). The molecule has 1 heterocycles. The van der Waals surface area contributed by atoms with Gasteiger partial charge in [0.2, 0.25) is 5.91 Å². The van der Waals surface area contributed by atoms with Crippen molar-refractivity contribution < 1.29 is 4.79 Å². The molecule has 1 amide bonds. The van der Waals surface area contributed by atoms with Crippen molar-refractivity contribution in [1.29, 1.82) is 0 Å². The van der Waals surface area contributed by atoms with E-state index in [1.807, 2.05) is 12.1 Å². The molecule has 0 bridgehead atoms. The van der Waals surface area contributed by atoms with Crippen LogP contribution in [-0.4, -0.2) is 15.5 Å². The van der Waals surface area contributed by atoms with E-state index >= 15 is 0 Å². The fourth-order valence-electron chi connectivity index (χ4n) is 3.24. The molecule has 0 atom stereocenters. The first kappa shape index (κ1) is 18.3. The maximum atomic E-state index is 12.3. The Labute approximate surface area is 155 Å². The van der Waals surface area contributed by atoms with Crippen LogP contribution in [0.2, 0.25) is 5.02 Å². The number of carbonyl (C=O) groups excluding carboxylic acids is 1. The number of nitrogen functional groups attached to an aromatic ring is 1. The van der Waals surface area contributed by atoms with Crippen LogP contribution >= 0.6 is 11.6 Å². The molecule has 1 fully saturated rings. The standard InChI is InChI=1S/C18H21ClN4O3/c19-13-7-5-11(6-8-13)9-10-23-15(20)14(17(25)22-18(23)26)21-16(24)12-3-1-2-4-12/h5-8,12H,1-4,9-10,20H2,(H,21,24)(H,22,25,26). The zero-order valence-corrected chi connectivity index (χ0v) is 15.0. The van der Waals surface area contributed by atoms with E-state index in [-0.39, 0.29) is 29.9 Å². The van der Waals surface area contributed by atoms with Gasteiger partial charge in [0.05, 0.1) is 0 Å². The number of hydrogen-bond acceptors (Lipinski definition) is 4. The fourth-order valence-corrected chi connectivity index (χ4v) is 3.36. The van der Waals surface area contributed by atoms with Crippen LogP contribution < -0.4 is 22.3 Å². The Bertz CT molecular complexity index is 912. The van der Waals surface area contributed by atoms with Gasteiger partial charge in [0.1, 0.15) is 11.5 Å². The van der Waals surface area contributed by atoms with Gasteiger partial charge >= 0.3 is 5.69 Å². The highest BCUT2D eigenvalue weighted by Gasteiger charge is 2.24. The summed E-state index contributed by atoms with van der Waals surface area (Å²) >= 11 is 5.86. The summed E-state index contributed by atoms with van der Waals surface area (Å²) in [7, 11) is 0. The van der Waals surface area contributed by atoms with E-state index in [2.05, 4.69) is 10.3 Å². The van der Waals surface area contributed by atoms with Crippen molar-refractivity contribution in [3.63, 3.8) is 0 Å². The molecule has 1 saturated carbocycles. The van der Waals surface area contributed by atoms with Gasteiger partial charge in [0.25, 0.3) is 5.56 Å². The molecule has 1 aliphatic rings. The molecule has 1 aromatic heterocycles. The van der Waals surface area contributed by atoms with Gasteiger partial charge in [-0.05, 0) is 37.0 Å². The van der Waals surface area contributed by atoms with Crippen LogP contribution in [0, 0.1) is 5.92 Å². The molecule has 1 aromatic carbocycles. The number of aromatic amines is 1. The molecular formula is C18H21ClN4O3. The number of hydrogen-bond donors (Lipinski definition) is 3. The predicted molar refractivity (Wildman–Crippen MR) is 101 cm³/mol. The summed E-state index contributed by atoms with van der Waals surface area (Å²) in [6, 6.07) is 7.25. The molecule has 0 unspecified atom stereocenters. The van der Waals surface area contributed by atoms with Gasteiger partial charge in [-0.2, -0.15) is 0 Å². The number of rotatable bonds is 5. The minimum atomic E-state index is -0.679. The number of carbonyl (C=O) groups is 1. The minimum absolute atomic E-state index is 0.0286. The number of nitrogens with two attached hydrogens (primary N) is 1. The van der Waals surface area contributed by atoms with Crippen molar-refractivity contribution in [2.75, 3.05) is 11.1 Å². The van der Waals surface area contributed by atoms with Gasteiger partial charge in [0.15, 0.2) is 0 Å². The van der Waals surface area contributed by atoms with Gasteiger partial charge in [-0.15, -0.1) is 0 Å². The largest absolute Gasteiger partial charge is 0.383 e. The molecule has 8 heteroatoms. The molecule has 4 N–H and O–H groups in total. The van der Waals surface area contributed by atoms with Crippen LogP contribution in [-0.2, 0) is 17.8 Å². The molecule has 26 heavy (non-hydrogen) atoms. The van der Waals surface area contributed by atoms with E-state index in [0.717, 1.165) is 31.2 Å². The monoisotopic (exact) mass is 376 g/mol. The summed E-state index contributed by atoms with van der Waals surface area (Å²) in [6.07, 6.45) is 4.15. The number of nitrogens with one attached hydrogen (secondary N) is 2. The Morgan fingerprint density at radius 3 is 2.54 bits per heavy atom.